The van der Waals surface area contributed by atoms with Gasteiger partial charge in [-0.1, -0.05) is 39.5 Å². The molecule has 2 bridgehead atoms. The number of aliphatic hydroxyl groups is 1. The van der Waals surface area contributed by atoms with Crippen molar-refractivity contribution in [1.82, 2.24) is 26.2 Å². The van der Waals surface area contributed by atoms with Crippen molar-refractivity contribution < 1.29 is 38.6 Å². The highest BCUT2D eigenvalue weighted by molar-refractivity contribution is 5.99. The fraction of sp³-hybridized carbons (Fsp3) is 0.778. The van der Waals surface area contributed by atoms with Crippen molar-refractivity contribution in [2.75, 3.05) is 20.1 Å². The number of nitrogens with one attached hydrogen (secondary N) is 4. The molecule has 7 N–H and O–H groups in total. The maximum absolute atomic E-state index is 14.2. The first kappa shape index (κ1) is 39.3. The molecule has 0 aromatic rings. The lowest BCUT2D eigenvalue weighted by Gasteiger charge is -2.34. The predicted octanol–water partition coefficient (Wildman–Crippen LogP) is 1.01. The molecule has 0 aromatic carbocycles. The number of nitrogens with two attached hydrogens (primary N) is 1. The number of cyclic esters (lactones) is 1. The Morgan fingerprint density at radius 3 is 2.14 bits per heavy atom. The van der Waals surface area contributed by atoms with Gasteiger partial charge in [0.1, 0.15) is 36.5 Å². The summed E-state index contributed by atoms with van der Waals surface area (Å²) < 4.78 is 5.83. The zero-order valence-electron chi connectivity index (χ0n) is 30.3. The van der Waals surface area contributed by atoms with Gasteiger partial charge in [-0.15, -0.1) is 0 Å². The number of amides is 5. The molecule has 280 valence electrons. The van der Waals surface area contributed by atoms with Crippen LogP contribution in [0, 0.1) is 29.6 Å². The van der Waals surface area contributed by atoms with Crippen molar-refractivity contribution >= 4 is 35.5 Å². The van der Waals surface area contributed by atoms with Crippen LogP contribution in [0.25, 0.3) is 0 Å². The first-order valence-corrected chi connectivity index (χ1v) is 18.4. The highest BCUT2D eigenvalue weighted by Crippen LogP contribution is 2.50. The summed E-state index contributed by atoms with van der Waals surface area (Å²) in [6, 6.07) is -4.72. The number of allylic oxidation sites excluding steroid dienone is 1. The van der Waals surface area contributed by atoms with Gasteiger partial charge in [-0.2, -0.15) is 0 Å². The Morgan fingerprint density at radius 2 is 1.56 bits per heavy atom. The number of rotatable bonds is 7. The first-order valence-electron chi connectivity index (χ1n) is 18.4. The highest BCUT2D eigenvalue weighted by Gasteiger charge is 2.42. The zero-order valence-corrected chi connectivity index (χ0v) is 30.3. The molecule has 1 heterocycles. The summed E-state index contributed by atoms with van der Waals surface area (Å²) in [5, 5.41) is 20.8. The number of nitrogens with zero attached hydrogens (tertiary/aromatic N) is 1. The molecule has 0 aromatic heterocycles. The van der Waals surface area contributed by atoms with Gasteiger partial charge in [0, 0.05) is 20.0 Å². The van der Waals surface area contributed by atoms with E-state index in [1.54, 1.807) is 14.0 Å². The van der Waals surface area contributed by atoms with Gasteiger partial charge in [0.15, 0.2) is 0 Å². The number of hydrogen-bond donors (Lipinski definition) is 6. The number of aliphatic hydroxyl groups excluding tert-OH is 1. The standard InChI is InChI=1S/C36H58N6O8/c1-19(2)13-27-33(46)41-31(23-9-7-6-8-10-23)35(48)39-26(17-37)32(45)40-30(21(4)43)34(47)38-18-29(44)50-28(20(3)36(49)42(27)5)16-25-15-22-11-12-24(25)14-22/h19,21-27,30-31,43H,6-18,37H2,1-5H3,(H,38,47)(H,39,48)(H,40,45)(H,41,46)/b28-20-. The van der Waals surface area contributed by atoms with Gasteiger partial charge in [-0.05, 0) is 82.0 Å². The van der Waals surface area contributed by atoms with Gasteiger partial charge in [0.2, 0.25) is 23.6 Å². The molecule has 3 aliphatic carbocycles. The largest absolute Gasteiger partial charge is 0.429 e. The van der Waals surface area contributed by atoms with Gasteiger partial charge < -0.3 is 41.7 Å². The van der Waals surface area contributed by atoms with Crippen molar-refractivity contribution in [2.45, 2.75) is 129 Å². The molecule has 0 radical (unpaired) electrons. The molecule has 14 nitrogen and oxygen atoms in total. The van der Waals surface area contributed by atoms with E-state index < -0.39 is 72.3 Å². The minimum absolute atomic E-state index is 0.0102. The molecule has 3 fully saturated rings. The summed E-state index contributed by atoms with van der Waals surface area (Å²) in [5.41, 5.74) is 6.09. The Bertz CT molecular complexity index is 1310. The molecule has 50 heavy (non-hydrogen) atoms. The van der Waals surface area contributed by atoms with Crippen LogP contribution >= 0.6 is 0 Å². The number of fused-ring (bicyclic) bond motifs is 2. The minimum atomic E-state index is -1.48. The molecule has 0 saturated heterocycles. The number of ether oxygens (including phenoxy) is 1. The van der Waals surface area contributed by atoms with E-state index in [2.05, 4.69) is 21.3 Å². The topological polar surface area (TPSA) is 209 Å². The third kappa shape index (κ3) is 9.83. The Kier molecular flexibility index (Phi) is 13.8. The van der Waals surface area contributed by atoms with E-state index in [0.29, 0.717) is 37.5 Å². The van der Waals surface area contributed by atoms with Gasteiger partial charge in [0.25, 0.3) is 5.91 Å². The lowest BCUT2D eigenvalue weighted by Crippen LogP contribution is -2.62. The SMILES string of the molecule is C/C1=C(\CC2CC3CCC2C3)OC(=O)CNC(=O)C(C(C)O)NC(=O)C(CN)NC(=O)C(C2CCCCC2)NC(=O)C(CC(C)C)N(C)C1=O. The van der Waals surface area contributed by atoms with E-state index in [-0.39, 0.29) is 35.6 Å². The van der Waals surface area contributed by atoms with E-state index in [9.17, 15) is 33.9 Å². The zero-order chi connectivity index (χ0) is 36.7. The molecule has 14 heteroatoms. The average molecular weight is 703 g/mol. The Hall–Kier alpha value is -3.52. The van der Waals surface area contributed by atoms with Crippen molar-refractivity contribution in [3.05, 3.63) is 11.3 Å². The second kappa shape index (κ2) is 17.6. The average Bonchev–Trinajstić information content (AvgIpc) is 3.71. The van der Waals surface area contributed by atoms with Gasteiger partial charge >= 0.3 is 5.97 Å². The summed E-state index contributed by atoms with van der Waals surface area (Å²) in [4.78, 5) is 83.2. The van der Waals surface area contributed by atoms with E-state index in [1.165, 1.54) is 18.2 Å². The second-order valence-corrected chi connectivity index (χ2v) is 15.3. The third-order valence-corrected chi connectivity index (χ3v) is 11.1. The Morgan fingerprint density at radius 1 is 0.860 bits per heavy atom. The van der Waals surface area contributed by atoms with Crippen LogP contribution in [-0.2, 0) is 33.5 Å². The molecule has 5 amide bonds. The highest BCUT2D eigenvalue weighted by atomic mass is 16.5. The number of carbonyl (C=O) groups excluding carboxylic acids is 6. The molecular formula is C36H58N6O8. The van der Waals surface area contributed by atoms with Crippen molar-refractivity contribution in [3.8, 4) is 0 Å². The van der Waals surface area contributed by atoms with Gasteiger partial charge in [-0.25, -0.2) is 4.79 Å². The van der Waals surface area contributed by atoms with Crippen molar-refractivity contribution in [2.24, 2.45) is 35.3 Å². The lowest BCUT2D eigenvalue weighted by molar-refractivity contribution is -0.142. The van der Waals surface area contributed by atoms with Crippen LogP contribution in [0.2, 0.25) is 0 Å². The minimum Gasteiger partial charge on any atom is -0.429 e. The van der Waals surface area contributed by atoms with Crippen LogP contribution in [0.4, 0.5) is 0 Å². The predicted molar refractivity (Wildman–Crippen MR) is 184 cm³/mol. The fourth-order valence-electron chi connectivity index (χ4n) is 8.26. The number of esters is 1. The van der Waals surface area contributed by atoms with Crippen molar-refractivity contribution in [1.29, 1.82) is 0 Å². The molecule has 8 unspecified atom stereocenters. The van der Waals surface area contributed by atoms with E-state index in [0.717, 1.165) is 38.5 Å². The molecule has 4 aliphatic rings. The quantitative estimate of drug-likeness (QED) is 0.209. The van der Waals surface area contributed by atoms with E-state index in [4.69, 9.17) is 10.5 Å². The van der Waals surface area contributed by atoms with E-state index >= 15 is 0 Å². The van der Waals surface area contributed by atoms with Crippen LogP contribution in [0.5, 0.6) is 0 Å². The maximum atomic E-state index is 14.2. The Balaban J connectivity index is 1.73. The molecule has 8 atom stereocenters. The summed E-state index contributed by atoms with van der Waals surface area (Å²) in [7, 11) is 1.54. The number of hydrogen-bond acceptors (Lipinski definition) is 9. The third-order valence-electron chi connectivity index (χ3n) is 11.1. The first-order chi connectivity index (χ1) is 23.7. The monoisotopic (exact) mass is 702 g/mol. The van der Waals surface area contributed by atoms with Crippen LogP contribution in [0.1, 0.15) is 98.3 Å². The van der Waals surface area contributed by atoms with Gasteiger partial charge in [-0.3, -0.25) is 24.0 Å². The summed E-state index contributed by atoms with van der Waals surface area (Å²) >= 11 is 0. The summed E-state index contributed by atoms with van der Waals surface area (Å²) in [6.07, 6.45) is 7.77. The van der Waals surface area contributed by atoms with Crippen LogP contribution in [0.15, 0.2) is 11.3 Å². The summed E-state index contributed by atoms with van der Waals surface area (Å²) in [5.74, 6) is -2.76. The number of carbonyl (C=O) groups is 6. The molecule has 1 aliphatic heterocycles. The van der Waals surface area contributed by atoms with E-state index in [1.807, 2.05) is 13.8 Å². The molecule has 4 rings (SSSR count). The van der Waals surface area contributed by atoms with Crippen molar-refractivity contribution in [3.63, 3.8) is 0 Å². The number of likely N-dealkylation sites (N-methyl/N-ethyl adjacent to an activating group) is 1. The van der Waals surface area contributed by atoms with Gasteiger partial charge in [0.05, 0.1) is 11.7 Å². The van der Waals surface area contributed by atoms with Crippen LogP contribution in [-0.4, -0.2) is 95.9 Å². The molecule has 0 spiro atoms. The molecular weight excluding hydrogens is 644 g/mol. The van der Waals surface area contributed by atoms with Crippen LogP contribution in [0.3, 0.4) is 0 Å². The maximum Gasteiger partial charge on any atom is 0.330 e. The molecule has 3 saturated carbocycles. The van der Waals surface area contributed by atoms with Crippen LogP contribution < -0.4 is 27.0 Å². The smallest absolute Gasteiger partial charge is 0.330 e. The normalized spacial score (nSPS) is 33.5. The fourth-order valence-corrected chi connectivity index (χ4v) is 8.26. The lowest BCUT2D eigenvalue weighted by atomic mass is 9.83. The second-order valence-electron chi connectivity index (χ2n) is 15.3. The Labute approximate surface area is 295 Å². The summed E-state index contributed by atoms with van der Waals surface area (Å²) in [6.45, 7) is 5.86.